The summed E-state index contributed by atoms with van der Waals surface area (Å²) in [6, 6.07) is 5.22. The van der Waals surface area contributed by atoms with Gasteiger partial charge in [-0.05, 0) is 0 Å². The summed E-state index contributed by atoms with van der Waals surface area (Å²) in [5.74, 6) is -1.11. The maximum atomic E-state index is 12.8. The first-order valence-electron chi connectivity index (χ1n) is 7.36. The van der Waals surface area contributed by atoms with E-state index in [4.69, 9.17) is 13.7 Å². The first kappa shape index (κ1) is 15.9. The fraction of sp³-hybridized carbons (Fsp3) is 0.267. The Morgan fingerprint density at radius 2 is 2.25 bits per heavy atom. The molecular weight excluding hydrogens is 313 g/mol. The van der Waals surface area contributed by atoms with Crippen LogP contribution in [0.1, 0.15) is 25.3 Å². The molecular formula is C15H14BN3O5. The summed E-state index contributed by atoms with van der Waals surface area (Å²) in [7, 11) is 0. The third-order valence-electron chi connectivity index (χ3n) is 3.54. The maximum absolute atomic E-state index is 12.8. The first-order chi connectivity index (χ1) is 11.6. The monoisotopic (exact) mass is 327 g/mol. The molecule has 2 amide bonds. The number of hydrogen-bond donors (Lipinski definition) is 0. The van der Waals surface area contributed by atoms with E-state index in [1.54, 1.807) is 32.0 Å². The molecule has 3 rings (SSSR count). The van der Waals surface area contributed by atoms with Crippen LogP contribution in [0.15, 0.2) is 39.6 Å². The number of carbonyl (C=O) groups excluding carboxylic acids is 2. The number of imide groups is 1. The Bertz CT molecular complexity index is 861. The SMILES string of the molecule is CCOC(=O)N(C(=O)C(C)c1ccc2ocnc2c1)c1bcno1. The van der Waals surface area contributed by atoms with Crippen molar-refractivity contribution in [2.75, 3.05) is 11.5 Å². The predicted octanol–water partition coefficient (Wildman–Crippen LogP) is 2.45. The van der Waals surface area contributed by atoms with Gasteiger partial charge in [-0.1, -0.05) is 0 Å². The van der Waals surface area contributed by atoms with Gasteiger partial charge in [-0.3, -0.25) is 0 Å². The fourth-order valence-electron chi connectivity index (χ4n) is 2.28. The first-order valence-corrected chi connectivity index (χ1v) is 7.36. The van der Waals surface area contributed by atoms with Gasteiger partial charge in [0.25, 0.3) is 0 Å². The van der Waals surface area contributed by atoms with Gasteiger partial charge >= 0.3 is 137 Å². The number of amides is 2. The van der Waals surface area contributed by atoms with Gasteiger partial charge in [-0.25, -0.2) is 0 Å². The molecule has 2 aromatic heterocycles. The molecule has 0 radical (unpaired) electrons. The molecule has 0 aliphatic rings. The van der Waals surface area contributed by atoms with E-state index in [2.05, 4.69) is 10.1 Å². The topological polar surface area (TPSA) is 98.7 Å². The molecule has 0 aliphatic carbocycles. The Morgan fingerprint density at radius 1 is 1.42 bits per heavy atom. The summed E-state index contributed by atoms with van der Waals surface area (Å²) >= 11 is 0. The Labute approximate surface area is 137 Å². The number of oxazole rings is 1. The molecule has 0 bridgehead atoms. The van der Waals surface area contributed by atoms with Gasteiger partial charge in [0, 0.05) is 0 Å². The van der Waals surface area contributed by atoms with E-state index in [1.807, 2.05) is 0 Å². The molecule has 2 heterocycles. The van der Waals surface area contributed by atoms with Crippen LogP contribution in [0.3, 0.4) is 0 Å². The number of nitrogens with zero attached hydrogens (tertiary/aromatic N) is 3. The van der Waals surface area contributed by atoms with Crippen molar-refractivity contribution in [3.05, 3.63) is 36.2 Å². The number of carbonyl (C=O) groups is 2. The number of benzene rings is 1. The Balaban J connectivity index is 1.92. The van der Waals surface area contributed by atoms with Gasteiger partial charge in [-0.15, -0.1) is 0 Å². The molecule has 24 heavy (non-hydrogen) atoms. The third kappa shape index (κ3) is 2.92. The van der Waals surface area contributed by atoms with Crippen LogP contribution in [0, 0.1) is 0 Å². The molecule has 122 valence electrons. The predicted molar refractivity (Wildman–Crippen MR) is 84.8 cm³/mol. The van der Waals surface area contributed by atoms with Crippen LogP contribution < -0.4 is 4.90 Å². The number of hydrogen-bond acceptors (Lipinski definition) is 7. The molecule has 0 fully saturated rings. The minimum atomic E-state index is -0.811. The summed E-state index contributed by atoms with van der Waals surface area (Å²) in [6.45, 7) is 4.90. The molecule has 3 aromatic rings. The number of rotatable bonds is 4. The second-order valence-electron chi connectivity index (χ2n) is 5.02. The van der Waals surface area contributed by atoms with Crippen molar-refractivity contribution in [2.45, 2.75) is 19.8 Å². The summed E-state index contributed by atoms with van der Waals surface area (Å²) < 4.78 is 15.1. The fourth-order valence-corrected chi connectivity index (χ4v) is 2.28. The van der Waals surface area contributed by atoms with Gasteiger partial charge < -0.3 is 0 Å². The second kappa shape index (κ2) is 6.65. The molecule has 1 atom stereocenters. The molecule has 0 saturated heterocycles. The van der Waals surface area contributed by atoms with E-state index in [9.17, 15) is 9.59 Å². The summed E-state index contributed by atoms with van der Waals surface area (Å²) in [5, 5.41) is 3.53. The zero-order valence-corrected chi connectivity index (χ0v) is 13.1. The summed E-state index contributed by atoms with van der Waals surface area (Å²) in [6.07, 6.45) is 1.87. The van der Waals surface area contributed by atoms with Crippen molar-refractivity contribution in [3.63, 3.8) is 0 Å². The van der Waals surface area contributed by atoms with Crippen LogP contribution in [0.2, 0.25) is 0 Å². The molecule has 1 unspecified atom stereocenters. The molecule has 8 nitrogen and oxygen atoms in total. The quantitative estimate of drug-likeness (QED) is 0.725. The van der Waals surface area contributed by atoms with Gasteiger partial charge in [0.2, 0.25) is 0 Å². The van der Waals surface area contributed by atoms with Gasteiger partial charge in [0.05, 0.1) is 0 Å². The minimum absolute atomic E-state index is 0.00724. The van der Waals surface area contributed by atoms with Gasteiger partial charge in [0.1, 0.15) is 0 Å². The van der Waals surface area contributed by atoms with Crippen molar-refractivity contribution < 1.29 is 23.3 Å². The molecule has 9 heteroatoms. The molecule has 0 N–H and O–H groups in total. The van der Waals surface area contributed by atoms with Crippen molar-refractivity contribution >= 4 is 35.8 Å². The number of aromatic nitrogens is 2. The average Bonchev–Trinajstić information content (AvgIpc) is 3.25. The second-order valence-corrected chi connectivity index (χ2v) is 5.02. The van der Waals surface area contributed by atoms with Crippen molar-refractivity contribution in [3.8, 4) is 0 Å². The Kier molecular flexibility index (Phi) is 4.41. The number of fused-ring (bicyclic) bond motifs is 1. The molecule has 0 saturated carbocycles. The summed E-state index contributed by atoms with van der Waals surface area (Å²) in [4.78, 5) is 29.9. The average molecular weight is 327 g/mol. The van der Waals surface area contributed by atoms with Crippen molar-refractivity contribution in [1.29, 1.82) is 0 Å². The van der Waals surface area contributed by atoms with Crippen molar-refractivity contribution in [1.82, 2.24) is 10.1 Å². The normalized spacial score (nSPS) is 11.9. The van der Waals surface area contributed by atoms with E-state index in [1.165, 1.54) is 19.4 Å². The number of ether oxygens (including phenoxy) is 1. The zero-order valence-electron chi connectivity index (χ0n) is 13.1. The van der Waals surface area contributed by atoms with E-state index < -0.39 is 17.9 Å². The Hall–Kier alpha value is -2.97. The van der Waals surface area contributed by atoms with Crippen LogP contribution >= 0.6 is 0 Å². The van der Waals surface area contributed by atoms with Gasteiger partial charge in [-0.2, -0.15) is 0 Å². The zero-order chi connectivity index (χ0) is 17.1. The van der Waals surface area contributed by atoms with Crippen LogP contribution in [-0.4, -0.2) is 35.7 Å². The van der Waals surface area contributed by atoms with Crippen LogP contribution in [0.5, 0.6) is 0 Å². The van der Waals surface area contributed by atoms with E-state index >= 15 is 0 Å². The number of anilines is 1. The molecule has 0 spiro atoms. The Morgan fingerprint density at radius 3 is 2.96 bits per heavy atom. The van der Waals surface area contributed by atoms with Gasteiger partial charge in [0.15, 0.2) is 0 Å². The molecule has 0 aliphatic heterocycles. The summed E-state index contributed by atoms with van der Waals surface area (Å²) in [5.41, 5.74) is 1.94. The van der Waals surface area contributed by atoms with E-state index in [0.717, 1.165) is 4.90 Å². The van der Waals surface area contributed by atoms with Crippen molar-refractivity contribution in [2.24, 2.45) is 0 Å². The molecule has 1 aromatic carbocycles. The van der Waals surface area contributed by atoms with Crippen LogP contribution in [0.4, 0.5) is 10.6 Å². The third-order valence-corrected chi connectivity index (χ3v) is 3.54. The van der Waals surface area contributed by atoms with E-state index in [-0.39, 0.29) is 12.4 Å². The van der Waals surface area contributed by atoms with Crippen LogP contribution in [0.25, 0.3) is 11.1 Å². The van der Waals surface area contributed by atoms with E-state index in [0.29, 0.717) is 16.7 Å². The van der Waals surface area contributed by atoms with Crippen LogP contribution in [-0.2, 0) is 9.53 Å². The standard InChI is InChI=1S/C15H14BN3O5/c1-3-22-15(21)19(14-16-7-18-24-14)13(20)9(2)10-4-5-12-11(6-10)17-8-23-12/h4-9H,3H2,1-2H3.